The van der Waals surface area contributed by atoms with Crippen molar-refractivity contribution in [1.29, 1.82) is 0 Å². The van der Waals surface area contributed by atoms with Crippen molar-refractivity contribution in [1.82, 2.24) is 0 Å². The molecule has 0 bridgehead atoms. The van der Waals surface area contributed by atoms with Gasteiger partial charge in [0.2, 0.25) is 0 Å². The highest BCUT2D eigenvalue weighted by Gasteiger charge is 2.12. The summed E-state index contributed by atoms with van der Waals surface area (Å²) in [6.07, 6.45) is 0. The van der Waals surface area contributed by atoms with E-state index in [1.54, 1.807) is 6.07 Å². The first-order valence-electron chi connectivity index (χ1n) is 6.34. The number of nitrogen functional groups attached to an aromatic ring is 1. The topological polar surface area (TPSA) is 64.3 Å². The van der Waals surface area contributed by atoms with Crippen LogP contribution in [0.15, 0.2) is 36.4 Å². The number of carbonyl (C=O) groups is 1. The molecule has 2 aromatic rings. The SMILES string of the molecule is COC(=O)c1cccc(Nc2ccc(C)cc2N)c1C. The third-order valence-corrected chi connectivity index (χ3v) is 3.22. The summed E-state index contributed by atoms with van der Waals surface area (Å²) in [4.78, 5) is 11.7. The standard InChI is InChI=1S/C16H18N2O2/c1-10-7-8-15(13(17)9-10)18-14-6-4-5-12(11(14)2)16(19)20-3/h4-9,18H,17H2,1-3H3. The molecule has 0 radical (unpaired) electrons. The Morgan fingerprint density at radius 2 is 1.90 bits per heavy atom. The van der Waals surface area contributed by atoms with Gasteiger partial charge in [-0.15, -0.1) is 0 Å². The molecule has 3 N–H and O–H groups in total. The maximum Gasteiger partial charge on any atom is 0.338 e. The van der Waals surface area contributed by atoms with Crippen molar-refractivity contribution < 1.29 is 9.53 Å². The van der Waals surface area contributed by atoms with Crippen molar-refractivity contribution >= 4 is 23.0 Å². The largest absolute Gasteiger partial charge is 0.465 e. The van der Waals surface area contributed by atoms with E-state index in [9.17, 15) is 4.79 Å². The van der Waals surface area contributed by atoms with E-state index < -0.39 is 0 Å². The second-order valence-corrected chi connectivity index (χ2v) is 4.69. The van der Waals surface area contributed by atoms with Gasteiger partial charge >= 0.3 is 5.97 Å². The molecule has 0 unspecified atom stereocenters. The summed E-state index contributed by atoms with van der Waals surface area (Å²) in [5, 5.41) is 3.25. The van der Waals surface area contributed by atoms with Crippen molar-refractivity contribution in [3.63, 3.8) is 0 Å². The van der Waals surface area contributed by atoms with Gasteiger partial charge in [0.1, 0.15) is 0 Å². The van der Waals surface area contributed by atoms with Crippen LogP contribution in [0.25, 0.3) is 0 Å². The van der Waals surface area contributed by atoms with Crippen LogP contribution in [-0.4, -0.2) is 13.1 Å². The highest BCUT2D eigenvalue weighted by atomic mass is 16.5. The Balaban J connectivity index is 2.37. The Morgan fingerprint density at radius 1 is 1.15 bits per heavy atom. The molecule has 0 aliphatic heterocycles. The van der Waals surface area contributed by atoms with Gasteiger partial charge in [-0.05, 0) is 49.2 Å². The number of aryl methyl sites for hydroxylation is 1. The Kier molecular flexibility index (Phi) is 3.94. The minimum absolute atomic E-state index is 0.344. The molecule has 4 heteroatoms. The summed E-state index contributed by atoms with van der Waals surface area (Å²) >= 11 is 0. The molecule has 0 saturated carbocycles. The van der Waals surface area contributed by atoms with Crippen molar-refractivity contribution in [2.75, 3.05) is 18.2 Å². The predicted molar refractivity (Wildman–Crippen MR) is 81.4 cm³/mol. The van der Waals surface area contributed by atoms with Crippen LogP contribution < -0.4 is 11.1 Å². The van der Waals surface area contributed by atoms with E-state index in [0.717, 1.165) is 22.5 Å². The first kappa shape index (κ1) is 13.9. The minimum Gasteiger partial charge on any atom is -0.465 e. The number of nitrogens with one attached hydrogen (secondary N) is 1. The second-order valence-electron chi connectivity index (χ2n) is 4.69. The van der Waals surface area contributed by atoms with Crippen LogP contribution in [0.5, 0.6) is 0 Å². The monoisotopic (exact) mass is 270 g/mol. The summed E-state index contributed by atoms with van der Waals surface area (Å²) in [7, 11) is 1.37. The number of hydrogen-bond donors (Lipinski definition) is 2. The highest BCUT2D eigenvalue weighted by Crippen LogP contribution is 2.27. The number of esters is 1. The number of benzene rings is 2. The molecule has 0 spiro atoms. The van der Waals surface area contributed by atoms with Gasteiger partial charge in [-0.2, -0.15) is 0 Å². The van der Waals surface area contributed by atoms with Crippen LogP contribution in [0.1, 0.15) is 21.5 Å². The molecule has 0 amide bonds. The Morgan fingerprint density at radius 3 is 2.55 bits per heavy atom. The van der Waals surface area contributed by atoms with Crippen LogP contribution in [0.2, 0.25) is 0 Å². The fraction of sp³-hybridized carbons (Fsp3) is 0.188. The van der Waals surface area contributed by atoms with Crippen molar-refractivity contribution in [3.05, 3.63) is 53.1 Å². The number of rotatable bonds is 3. The van der Waals surface area contributed by atoms with Crippen LogP contribution in [0.3, 0.4) is 0 Å². The third-order valence-electron chi connectivity index (χ3n) is 3.22. The number of carbonyl (C=O) groups excluding carboxylic acids is 1. The molecule has 2 aromatic carbocycles. The van der Waals surface area contributed by atoms with Gasteiger partial charge in [0.05, 0.1) is 24.0 Å². The maximum absolute atomic E-state index is 11.7. The third kappa shape index (κ3) is 2.74. The molecular formula is C16H18N2O2. The molecule has 0 aliphatic rings. The van der Waals surface area contributed by atoms with Crippen LogP contribution in [-0.2, 0) is 4.74 Å². The minimum atomic E-state index is -0.344. The maximum atomic E-state index is 11.7. The predicted octanol–water partition coefficient (Wildman–Crippen LogP) is 3.42. The molecule has 0 aliphatic carbocycles. The fourth-order valence-corrected chi connectivity index (χ4v) is 2.04. The Bertz CT molecular complexity index is 651. The first-order chi connectivity index (χ1) is 9.52. The second kappa shape index (κ2) is 5.65. The number of ether oxygens (including phenoxy) is 1. The van der Waals surface area contributed by atoms with Crippen LogP contribution >= 0.6 is 0 Å². The molecule has 0 heterocycles. The van der Waals surface area contributed by atoms with Gasteiger partial charge in [-0.3, -0.25) is 0 Å². The lowest BCUT2D eigenvalue weighted by Crippen LogP contribution is -2.06. The zero-order valence-corrected chi connectivity index (χ0v) is 11.9. The van der Waals surface area contributed by atoms with Gasteiger partial charge in [0.15, 0.2) is 0 Å². The van der Waals surface area contributed by atoms with Gasteiger partial charge in [-0.1, -0.05) is 12.1 Å². The summed E-state index contributed by atoms with van der Waals surface area (Å²) in [5.74, 6) is -0.344. The number of anilines is 3. The molecule has 4 nitrogen and oxygen atoms in total. The fourth-order valence-electron chi connectivity index (χ4n) is 2.04. The molecule has 0 saturated heterocycles. The average Bonchev–Trinajstić information content (AvgIpc) is 2.43. The van der Waals surface area contributed by atoms with E-state index in [1.165, 1.54) is 7.11 Å². The van der Waals surface area contributed by atoms with E-state index in [0.29, 0.717) is 11.3 Å². The lowest BCUT2D eigenvalue weighted by atomic mass is 10.1. The van der Waals surface area contributed by atoms with Crippen molar-refractivity contribution in [2.24, 2.45) is 0 Å². The van der Waals surface area contributed by atoms with Gasteiger partial charge < -0.3 is 15.8 Å². The molecule has 0 aromatic heterocycles. The highest BCUT2D eigenvalue weighted by molar-refractivity contribution is 5.93. The van der Waals surface area contributed by atoms with E-state index in [-0.39, 0.29) is 5.97 Å². The molecule has 2 rings (SSSR count). The number of methoxy groups -OCH3 is 1. The van der Waals surface area contributed by atoms with E-state index in [4.69, 9.17) is 10.5 Å². The average molecular weight is 270 g/mol. The normalized spacial score (nSPS) is 10.2. The lowest BCUT2D eigenvalue weighted by Gasteiger charge is -2.14. The van der Waals surface area contributed by atoms with E-state index in [1.807, 2.05) is 44.2 Å². The quantitative estimate of drug-likeness (QED) is 0.662. The zero-order chi connectivity index (χ0) is 14.7. The van der Waals surface area contributed by atoms with Crippen LogP contribution in [0.4, 0.5) is 17.1 Å². The molecule has 104 valence electrons. The van der Waals surface area contributed by atoms with E-state index in [2.05, 4.69) is 5.32 Å². The van der Waals surface area contributed by atoms with Crippen LogP contribution in [0, 0.1) is 13.8 Å². The van der Waals surface area contributed by atoms with Gasteiger partial charge in [0.25, 0.3) is 0 Å². The number of hydrogen-bond acceptors (Lipinski definition) is 4. The summed E-state index contributed by atoms with van der Waals surface area (Å²) < 4.78 is 4.77. The van der Waals surface area contributed by atoms with Crippen molar-refractivity contribution in [3.8, 4) is 0 Å². The lowest BCUT2D eigenvalue weighted by molar-refractivity contribution is 0.0600. The Labute approximate surface area is 118 Å². The smallest absolute Gasteiger partial charge is 0.338 e. The number of nitrogens with two attached hydrogens (primary N) is 1. The van der Waals surface area contributed by atoms with E-state index >= 15 is 0 Å². The van der Waals surface area contributed by atoms with Gasteiger partial charge in [0, 0.05) is 5.69 Å². The summed E-state index contributed by atoms with van der Waals surface area (Å²) in [6, 6.07) is 11.3. The summed E-state index contributed by atoms with van der Waals surface area (Å²) in [5.41, 5.74) is 10.8. The zero-order valence-electron chi connectivity index (χ0n) is 11.9. The molecule has 0 atom stereocenters. The first-order valence-corrected chi connectivity index (χ1v) is 6.34. The van der Waals surface area contributed by atoms with Gasteiger partial charge in [-0.25, -0.2) is 4.79 Å². The Hall–Kier alpha value is -2.49. The summed E-state index contributed by atoms with van der Waals surface area (Å²) in [6.45, 7) is 3.86. The molecule has 20 heavy (non-hydrogen) atoms. The molecular weight excluding hydrogens is 252 g/mol. The molecule has 0 fully saturated rings. The van der Waals surface area contributed by atoms with Crippen molar-refractivity contribution in [2.45, 2.75) is 13.8 Å².